The molecule has 2 heterocycles. The van der Waals surface area contributed by atoms with Crippen molar-refractivity contribution in [1.29, 1.82) is 5.41 Å². The van der Waals surface area contributed by atoms with E-state index in [1.54, 1.807) is 6.08 Å². The lowest BCUT2D eigenvalue weighted by molar-refractivity contribution is -0.114. The molecule has 26 heavy (non-hydrogen) atoms. The lowest BCUT2D eigenvalue weighted by Gasteiger charge is -2.20. The third-order valence-corrected chi connectivity index (χ3v) is 5.79. The zero-order chi connectivity index (χ0) is 18.8. The number of aliphatic imine (C=N–C) groups is 1. The maximum atomic E-state index is 12.5. The summed E-state index contributed by atoms with van der Waals surface area (Å²) < 4.78 is 0. The van der Waals surface area contributed by atoms with Crippen LogP contribution in [0.25, 0.3) is 6.08 Å². The molecule has 0 aromatic heterocycles. The van der Waals surface area contributed by atoms with Gasteiger partial charge in [-0.1, -0.05) is 52.0 Å². The Bertz CT molecular complexity index is 817. The number of carbonyl (C=O) groups is 1. The predicted octanol–water partition coefficient (Wildman–Crippen LogP) is 4.87. The number of thioether (sulfide) groups is 1. The topological polar surface area (TPSA) is 68.9 Å². The van der Waals surface area contributed by atoms with Crippen LogP contribution in [-0.2, 0) is 4.79 Å². The fourth-order valence-corrected chi connectivity index (χ4v) is 4.11. The van der Waals surface area contributed by atoms with Gasteiger partial charge in [-0.25, -0.2) is 0 Å². The van der Waals surface area contributed by atoms with Crippen LogP contribution in [0.15, 0.2) is 39.9 Å². The van der Waals surface area contributed by atoms with Gasteiger partial charge in [0.1, 0.15) is 5.04 Å². The summed E-state index contributed by atoms with van der Waals surface area (Å²) in [6.07, 6.45) is 3.69. The summed E-state index contributed by atoms with van der Waals surface area (Å²) in [5.74, 6) is 0.522. The smallest absolute Gasteiger partial charge is 0.282 e. The van der Waals surface area contributed by atoms with Crippen LogP contribution in [0.1, 0.15) is 57.6 Å². The highest BCUT2D eigenvalue weighted by Crippen LogP contribution is 2.32. The summed E-state index contributed by atoms with van der Waals surface area (Å²) in [5, 5.41) is 15.9. The number of carbonyl (C=O) groups excluding carboxylic acids is 1. The molecule has 0 saturated heterocycles. The van der Waals surface area contributed by atoms with Gasteiger partial charge in [0.2, 0.25) is 5.17 Å². The van der Waals surface area contributed by atoms with E-state index in [9.17, 15) is 4.79 Å². The van der Waals surface area contributed by atoms with Crippen molar-refractivity contribution in [1.82, 2.24) is 5.01 Å². The molecule has 0 bridgehead atoms. The van der Waals surface area contributed by atoms with E-state index >= 15 is 0 Å². The average Bonchev–Trinajstić information content (AvgIpc) is 3.04. The summed E-state index contributed by atoms with van der Waals surface area (Å²) >= 11 is 1.41. The molecule has 1 amide bonds. The maximum absolute atomic E-state index is 12.5. The van der Waals surface area contributed by atoms with Gasteiger partial charge in [0, 0.05) is 5.92 Å². The summed E-state index contributed by atoms with van der Waals surface area (Å²) in [5.41, 5.74) is 2.41. The second-order valence-electron chi connectivity index (χ2n) is 6.79. The molecular formula is C20H24N4OS. The Hall–Kier alpha value is -2.21. The number of amides is 1. The fraction of sp³-hybridized carbons (Fsp3) is 0.400. The largest absolute Gasteiger partial charge is 0.283 e. The highest BCUT2D eigenvalue weighted by atomic mass is 32.2. The first-order valence-electron chi connectivity index (χ1n) is 9.04. The maximum Gasteiger partial charge on any atom is 0.283 e. The van der Waals surface area contributed by atoms with Gasteiger partial charge in [-0.3, -0.25) is 10.2 Å². The zero-order valence-corrected chi connectivity index (χ0v) is 16.4. The Morgan fingerprint density at radius 1 is 1.19 bits per heavy atom. The zero-order valence-electron chi connectivity index (χ0n) is 15.6. The molecule has 0 spiro atoms. The van der Waals surface area contributed by atoms with Crippen LogP contribution in [0.4, 0.5) is 0 Å². The quantitative estimate of drug-likeness (QED) is 0.754. The van der Waals surface area contributed by atoms with Crippen LogP contribution in [0.2, 0.25) is 0 Å². The fourth-order valence-electron chi connectivity index (χ4n) is 2.95. The van der Waals surface area contributed by atoms with Crippen molar-refractivity contribution in [2.75, 3.05) is 0 Å². The second kappa shape index (κ2) is 7.58. The van der Waals surface area contributed by atoms with Crippen LogP contribution < -0.4 is 0 Å². The monoisotopic (exact) mass is 368 g/mol. The van der Waals surface area contributed by atoms with Crippen LogP contribution >= 0.6 is 11.8 Å². The molecule has 0 unspecified atom stereocenters. The van der Waals surface area contributed by atoms with Crippen molar-refractivity contribution in [3.8, 4) is 0 Å². The SMILES string of the molecule is CCC(CC)C1=NN2C(=N)C(=Cc3ccc(C(C)C)cc3)C(=O)N=C2S1. The van der Waals surface area contributed by atoms with Crippen molar-refractivity contribution in [3.05, 3.63) is 41.0 Å². The van der Waals surface area contributed by atoms with E-state index in [2.05, 4.69) is 49.9 Å². The molecule has 136 valence electrons. The first kappa shape index (κ1) is 18.6. The lowest BCUT2D eigenvalue weighted by atomic mass is 10.0. The van der Waals surface area contributed by atoms with Gasteiger partial charge < -0.3 is 0 Å². The number of nitrogens with zero attached hydrogens (tertiary/aromatic N) is 3. The van der Waals surface area contributed by atoms with E-state index in [-0.39, 0.29) is 17.3 Å². The number of benzene rings is 1. The minimum Gasteiger partial charge on any atom is -0.282 e. The van der Waals surface area contributed by atoms with Crippen LogP contribution in [0.3, 0.4) is 0 Å². The molecule has 5 nitrogen and oxygen atoms in total. The molecule has 0 atom stereocenters. The van der Waals surface area contributed by atoms with Gasteiger partial charge in [-0.05, 0) is 47.7 Å². The van der Waals surface area contributed by atoms with E-state index in [0.29, 0.717) is 17.0 Å². The molecule has 2 aliphatic heterocycles. The van der Waals surface area contributed by atoms with Crippen molar-refractivity contribution < 1.29 is 4.79 Å². The Labute approximate surface area is 158 Å². The molecule has 2 aliphatic rings. The highest BCUT2D eigenvalue weighted by Gasteiger charge is 2.37. The summed E-state index contributed by atoms with van der Waals surface area (Å²) in [6, 6.07) is 8.05. The van der Waals surface area contributed by atoms with Gasteiger partial charge in [-0.15, -0.1) is 0 Å². The van der Waals surface area contributed by atoms with E-state index in [0.717, 1.165) is 23.4 Å². The van der Waals surface area contributed by atoms with E-state index in [4.69, 9.17) is 5.41 Å². The van der Waals surface area contributed by atoms with E-state index in [1.165, 1.54) is 22.3 Å². The minimum absolute atomic E-state index is 0.0985. The van der Waals surface area contributed by atoms with Crippen molar-refractivity contribution in [2.24, 2.45) is 16.0 Å². The number of amidine groups is 2. The summed E-state index contributed by atoms with van der Waals surface area (Å²) in [7, 11) is 0. The average molecular weight is 369 g/mol. The molecule has 0 radical (unpaired) electrons. The molecule has 3 rings (SSSR count). The van der Waals surface area contributed by atoms with E-state index in [1.807, 2.05) is 12.1 Å². The molecule has 1 aromatic rings. The Morgan fingerprint density at radius 3 is 2.42 bits per heavy atom. The predicted molar refractivity (Wildman–Crippen MR) is 110 cm³/mol. The molecule has 0 saturated carbocycles. The Kier molecular flexibility index (Phi) is 5.41. The molecule has 0 fully saturated rings. The number of hydrazone groups is 1. The van der Waals surface area contributed by atoms with E-state index < -0.39 is 0 Å². The first-order chi connectivity index (χ1) is 12.4. The number of hydrogen-bond donors (Lipinski definition) is 1. The van der Waals surface area contributed by atoms with Crippen LogP contribution in [0.5, 0.6) is 0 Å². The van der Waals surface area contributed by atoms with Crippen LogP contribution in [-0.4, -0.2) is 27.0 Å². The molecule has 1 N–H and O–H groups in total. The number of rotatable bonds is 5. The van der Waals surface area contributed by atoms with Gasteiger partial charge in [0.25, 0.3) is 5.91 Å². The number of fused-ring (bicyclic) bond motifs is 1. The minimum atomic E-state index is -0.373. The second-order valence-corrected chi connectivity index (χ2v) is 7.78. The summed E-state index contributed by atoms with van der Waals surface area (Å²) in [6.45, 7) is 8.53. The Morgan fingerprint density at radius 2 is 1.85 bits per heavy atom. The van der Waals surface area contributed by atoms with Crippen molar-refractivity contribution in [3.63, 3.8) is 0 Å². The Balaban J connectivity index is 1.89. The molecular weight excluding hydrogens is 344 g/mol. The number of nitrogens with one attached hydrogen (secondary N) is 1. The van der Waals surface area contributed by atoms with Gasteiger partial charge in [0.15, 0.2) is 5.84 Å². The van der Waals surface area contributed by atoms with Gasteiger partial charge in [0.05, 0.1) is 5.57 Å². The first-order valence-corrected chi connectivity index (χ1v) is 9.86. The van der Waals surface area contributed by atoms with Gasteiger partial charge >= 0.3 is 0 Å². The number of hydrogen-bond acceptors (Lipinski definition) is 4. The molecule has 6 heteroatoms. The third-order valence-electron chi connectivity index (χ3n) is 4.72. The third kappa shape index (κ3) is 3.51. The highest BCUT2D eigenvalue weighted by molar-refractivity contribution is 8.27. The molecule has 0 aliphatic carbocycles. The van der Waals surface area contributed by atoms with Crippen LogP contribution in [0, 0.1) is 11.3 Å². The lowest BCUT2D eigenvalue weighted by Crippen LogP contribution is -2.35. The van der Waals surface area contributed by atoms with Gasteiger partial charge in [-0.2, -0.15) is 15.1 Å². The standard InChI is InChI=1S/C20H24N4OS/c1-5-14(6-2)19-23-24-17(21)16(18(25)22-20(24)26-19)11-13-7-9-15(10-8-13)12(3)4/h7-12,14,21H,5-6H2,1-4H3. The van der Waals surface area contributed by atoms with Crippen molar-refractivity contribution in [2.45, 2.75) is 46.5 Å². The van der Waals surface area contributed by atoms with Crippen molar-refractivity contribution >= 4 is 39.8 Å². The molecule has 1 aromatic carbocycles. The summed E-state index contributed by atoms with van der Waals surface area (Å²) in [4.78, 5) is 16.6. The normalized spacial score (nSPS) is 18.7.